The number of nitrogens with two attached hydrogens (primary N) is 1. The van der Waals surface area contributed by atoms with E-state index in [9.17, 15) is 8.42 Å². The van der Waals surface area contributed by atoms with Crippen LogP contribution in [0.3, 0.4) is 0 Å². The molecule has 0 fully saturated rings. The highest BCUT2D eigenvalue weighted by atomic mass is 79.9. The number of sulfone groups is 1. The maximum absolute atomic E-state index is 11.3. The zero-order valence-electron chi connectivity index (χ0n) is 8.14. The molecule has 0 radical (unpaired) electrons. The Bertz CT molecular complexity index is 458. The third kappa shape index (κ3) is 3.01. The van der Waals surface area contributed by atoms with E-state index in [0.29, 0.717) is 10.0 Å². The van der Waals surface area contributed by atoms with Crippen molar-refractivity contribution in [3.8, 4) is 0 Å². The molecule has 0 aliphatic heterocycles. The van der Waals surface area contributed by atoms with Crippen molar-refractivity contribution in [2.24, 2.45) is 5.73 Å². The number of hydrogen-bond acceptors (Lipinski definition) is 4. The van der Waals surface area contributed by atoms with Gasteiger partial charge in [-0.25, -0.2) is 8.42 Å². The van der Waals surface area contributed by atoms with Crippen LogP contribution in [0, 0.1) is 0 Å². The smallest absolute Gasteiger partial charge is 0.176 e. The van der Waals surface area contributed by atoms with Crippen molar-refractivity contribution >= 4 is 25.8 Å². The van der Waals surface area contributed by atoms with Crippen LogP contribution in [0.25, 0.3) is 0 Å². The Hall–Kier alpha value is -0.430. The summed E-state index contributed by atoms with van der Waals surface area (Å²) in [6.07, 6.45) is 1.14. The van der Waals surface area contributed by atoms with Gasteiger partial charge in [0.25, 0.3) is 0 Å². The number of benzene rings is 1. The van der Waals surface area contributed by atoms with Crippen LogP contribution >= 0.6 is 15.9 Å². The van der Waals surface area contributed by atoms with Gasteiger partial charge in [0, 0.05) is 10.7 Å². The molecule has 0 saturated carbocycles. The summed E-state index contributed by atoms with van der Waals surface area (Å²) in [5, 5.41) is 8.85. The summed E-state index contributed by atoms with van der Waals surface area (Å²) in [4.78, 5) is 0.219. The number of aliphatic hydroxyl groups is 1. The third-order valence-electron chi connectivity index (χ3n) is 1.98. The molecule has 0 amide bonds. The van der Waals surface area contributed by atoms with Crippen molar-refractivity contribution in [3.63, 3.8) is 0 Å². The molecule has 0 aliphatic carbocycles. The van der Waals surface area contributed by atoms with Crippen molar-refractivity contribution in [1.82, 2.24) is 0 Å². The van der Waals surface area contributed by atoms with Crippen LogP contribution in [0.15, 0.2) is 27.6 Å². The highest BCUT2D eigenvalue weighted by Crippen LogP contribution is 2.25. The molecule has 0 aromatic heterocycles. The molecule has 0 saturated heterocycles. The molecule has 0 spiro atoms. The van der Waals surface area contributed by atoms with Gasteiger partial charge in [0.05, 0.1) is 17.5 Å². The Morgan fingerprint density at radius 2 is 2.13 bits per heavy atom. The maximum atomic E-state index is 11.3. The average molecular weight is 294 g/mol. The summed E-state index contributed by atoms with van der Waals surface area (Å²) in [7, 11) is -3.23. The van der Waals surface area contributed by atoms with Gasteiger partial charge in [0.2, 0.25) is 0 Å². The van der Waals surface area contributed by atoms with Crippen LogP contribution in [0.1, 0.15) is 11.6 Å². The molecule has 3 N–H and O–H groups in total. The van der Waals surface area contributed by atoms with Crippen molar-refractivity contribution in [2.45, 2.75) is 10.9 Å². The van der Waals surface area contributed by atoms with Gasteiger partial charge in [-0.05, 0) is 33.6 Å². The summed E-state index contributed by atoms with van der Waals surface area (Å²) in [6.45, 7) is -0.176. The molecule has 4 nitrogen and oxygen atoms in total. The van der Waals surface area contributed by atoms with Gasteiger partial charge < -0.3 is 10.8 Å². The summed E-state index contributed by atoms with van der Waals surface area (Å²) in [5.41, 5.74) is 6.29. The number of hydrogen-bond donors (Lipinski definition) is 2. The summed E-state index contributed by atoms with van der Waals surface area (Å²) in [5.74, 6) is 0. The number of rotatable bonds is 3. The standard InChI is InChI=1S/C9H12BrNO3S/c1-15(13,14)9-3-2-6(4-7(9)10)8(11)5-12/h2-4,8,12H,5,11H2,1H3. The topological polar surface area (TPSA) is 80.4 Å². The molecular weight excluding hydrogens is 282 g/mol. The minimum absolute atomic E-state index is 0.176. The third-order valence-corrected chi connectivity index (χ3v) is 4.05. The number of aliphatic hydroxyl groups excluding tert-OH is 1. The van der Waals surface area contributed by atoms with Crippen molar-refractivity contribution < 1.29 is 13.5 Å². The first kappa shape index (κ1) is 12.6. The molecule has 6 heteroatoms. The molecule has 15 heavy (non-hydrogen) atoms. The molecule has 84 valence electrons. The Kier molecular flexibility index (Phi) is 3.88. The number of halogens is 1. The normalized spacial score (nSPS) is 13.9. The van der Waals surface area contributed by atoms with Crippen LogP contribution in [0.4, 0.5) is 0 Å². The van der Waals surface area contributed by atoms with Gasteiger partial charge in [0.15, 0.2) is 9.84 Å². The lowest BCUT2D eigenvalue weighted by atomic mass is 10.1. The van der Waals surface area contributed by atoms with E-state index in [1.54, 1.807) is 12.1 Å². The Morgan fingerprint density at radius 3 is 2.53 bits per heavy atom. The summed E-state index contributed by atoms with van der Waals surface area (Å²) < 4.78 is 23.1. The van der Waals surface area contributed by atoms with Gasteiger partial charge >= 0.3 is 0 Å². The molecule has 0 bridgehead atoms. The minimum Gasteiger partial charge on any atom is -0.394 e. The fraction of sp³-hybridized carbons (Fsp3) is 0.333. The van der Waals surface area contributed by atoms with Crippen LogP contribution < -0.4 is 5.73 Å². The highest BCUT2D eigenvalue weighted by molar-refractivity contribution is 9.10. The molecule has 1 unspecified atom stereocenters. The second kappa shape index (κ2) is 4.61. The Labute approximate surface area is 97.2 Å². The maximum Gasteiger partial charge on any atom is 0.176 e. The van der Waals surface area contributed by atoms with E-state index >= 15 is 0 Å². The molecule has 0 aliphatic rings. The predicted octanol–water partition coefficient (Wildman–Crippen LogP) is 0.845. The second-order valence-electron chi connectivity index (χ2n) is 3.25. The quantitative estimate of drug-likeness (QED) is 0.866. The fourth-order valence-corrected chi connectivity index (χ4v) is 3.16. The highest BCUT2D eigenvalue weighted by Gasteiger charge is 2.13. The first-order valence-corrected chi connectivity index (χ1v) is 6.90. The monoisotopic (exact) mass is 293 g/mol. The SMILES string of the molecule is CS(=O)(=O)c1ccc(C(N)CO)cc1Br. The van der Waals surface area contributed by atoms with E-state index in [2.05, 4.69) is 15.9 Å². The van der Waals surface area contributed by atoms with Gasteiger partial charge in [0.1, 0.15) is 0 Å². The second-order valence-corrected chi connectivity index (χ2v) is 6.09. The van der Waals surface area contributed by atoms with Crippen molar-refractivity contribution in [3.05, 3.63) is 28.2 Å². The van der Waals surface area contributed by atoms with E-state index in [1.165, 1.54) is 6.07 Å². The van der Waals surface area contributed by atoms with E-state index in [0.717, 1.165) is 6.26 Å². The summed E-state index contributed by atoms with van der Waals surface area (Å²) in [6, 6.07) is 4.19. The lowest BCUT2D eigenvalue weighted by Gasteiger charge is -2.10. The first-order chi connectivity index (χ1) is 6.86. The predicted molar refractivity (Wildman–Crippen MR) is 61.3 cm³/mol. The summed E-state index contributed by atoms with van der Waals surface area (Å²) >= 11 is 3.16. The Morgan fingerprint density at radius 1 is 1.53 bits per heavy atom. The Balaban J connectivity index is 3.21. The molecule has 1 aromatic carbocycles. The zero-order chi connectivity index (χ0) is 11.6. The lowest BCUT2D eigenvalue weighted by molar-refractivity contribution is 0.268. The van der Waals surface area contributed by atoms with Crippen LogP contribution in [0.2, 0.25) is 0 Å². The molecule has 1 aromatic rings. The van der Waals surface area contributed by atoms with Gasteiger partial charge in [-0.15, -0.1) is 0 Å². The van der Waals surface area contributed by atoms with E-state index in [-0.39, 0.29) is 11.5 Å². The molecule has 1 rings (SSSR count). The lowest BCUT2D eigenvalue weighted by Crippen LogP contribution is -2.14. The van der Waals surface area contributed by atoms with Gasteiger partial charge in [-0.2, -0.15) is 0 Å². The van der Waals surface area contributed by atoms with Gasteiger partial charge in [-0.3, -0.25) is 0 Å². The van der Waals surface area contributed by atoms with Crippen LogP contribution in [-0.4, -0.2) is 26.4 Å². The average Bonchev–Trinajstić information content (AvgIpc) is 2.14. The fourth-order valence-electron chi connectivity index (χ4n) is 1.15. The largest absolute Gasteiger partial charge is 0.394 e. The van der Waals surface area contributed by atoms with Crippen molar-refractivity contribution in [2.75, 3.05) is 12.9 Å². The van der Waals surface area contributed by atoms with E-state index in [4.69, 9.17) is 10.8 Å². The van der Waals surface area contributed by atoms with E-state index < -0.39 is 15.9 Å². The minimum atomic E-state index is -3.23. The van der Waals surface area contributed by atoms with Crippen molar-refractivity contribution in [1.29, 1.82) is 0 Å². The van der Waals surface area contributed by atoms with Crippen LogP contribution in [0.5, 0.6) is 0 Å². The van der Waals surface area contributed by atoms with Crippen LogP contribution in [-0.2, 0) is 9.84 Å². The molecular formula is C9H12BrNO3S. The van der Waals surface area contributed by atoms with Gasteiger partial charge in [-0.1, -0.05) is 6.07 Å². The molecule has 0 heterocycles. The zero-order valence-corrected chi connectivity index (χ0v) is 10.5. The molecule has 1 atom stereocenters. The van der Waals surface area contributed by atoms with E-state index in [1.807, 2.05) is 0 Å². The first-order valence-electron chi connectivity index (χ1n) is 4.22.